The number of halogens is 2. The molecule has 20 heavy (non-hydrogen) atoms. The highest BCUT2D eigenvalue weighted by Crippen LogP contribution is 2.36. The van der Waals surface area contributed by atoms with Gasteiger partial charge in [0.1, 0.15) is 17.3 Å². The number of nitrogens with two attached hydrogens (primary N) is 1. The molecule has 1 aromatic heterocycles. The quantitative estimate of drug-likeness (QED) is 0.822. The highest BCUT2D eigenvalue weighted by atomic mass is 35.5. The minimum Gasteiger partial charge on any atom is -0.383 e. The van der Waals surface area contributed by atoms with Crippen LogP contribution in [-0.4, -0.2) is 9.55 Å². The Balaban J connectivity index is 2.59. The van der Waals surface area contributed by atoms with Crippen molar-refractivity contribution < 1.29 is 0 Å². The summed E-state index contributed by atoms with van der Waals surface area (Å²) in [7, 11) is 0. The predicted molar refractivity (Wildman–Crippen MR) is 86.3 cm³/mol. The molecule has 0 unspecified atom stereocenters. The van der Waals surface area contributed by atoms with Gasteiger partial charge in [0.25, 0.3) is 0 Å². The molecule has 0 aliphatic heterocycles. The number of aromatic nitrogens is 2. The summed E-state index contributed by atoms with van der Waals surface area (Å²) in [6.07, 6.45) is 3.66. The fourth-order valence-electron chi connectivity index (χ4n) is 2.15. The molecule has 2 rings (SSSR count). The van der Waals surface area contributed by atoms with E-state index in [2.05, 4.69) is 18.5 Å². The van der Waals surface area contributed by atoms with Crippen LogP contribution in [-0.2, 0) is 13.0 Å². The maximum Gasteiger partial charge on any atom is 0.132 e. The minimum atomic E-state index is 0.479. The zero-order chi connectivity index (χ0) is 14.7. The molecule has 0 saturated carbocycles. The van der Waals surface area contributed by atoms with Gasteiger partial charge in [0.2, 0.25) is 0 Å². The second-order valence-electron chi connectivity index (χ2n) is 4.51. The third-order valence-corrected chi connectivity index (χ3v) is 3.90. The molecule has 2 aromatic rings. The Hall–Kier alpha value is -1.45. The van der Waals surface area contributed by atoms with Gasteiger partial charge in [-0.2, -0.15) is 0 Å². The van der Waals surface area contributed by atoms with Crippen LogP contribution in [0.2, 0.25) is 10.0 Å². The zero-order valence-corrected chi connectivity index (χ0v) is 12.9. The van der Waals surface area contributed by atoms with Gasteiger partial charge in [-0.05, 0) is 12.5 Å². The Morgan fingerprint density at radius 3 is 2.80 bits per heavy atom. The van der Waals surface area contributed by atoms with E-state index in [1.54, 1.807) is 12.1 Å². The van der Waals surface area contributed by atoms with E-state index in [1.807, 2.05) is 16.7 Å². The van der Waals surface area contributed by atoms with Crippen LogP contribution in [0.15, 0.2) is 30.9 Å². The first-order chi connectivity index (χ1) is 9.60. The minimum absolute atomic E-state index is 0.479. The van der Waals surface area contributed by atoms with E-state index in [0.717, 1.165) is 24.2 Å². The second kappa shape index (κ2) is 6.33. The lowest BCUT2D eigenvalue weighted by Crippen LogP contribution is -2.05. The van der Waals surface area contributed by atoms with Gasteiger partial charge >= 0.3 is 0 Å². The maximum atomic E-state index is 6.26. The summed E-state index contributed by atoms with van der Waals surface area (Å²) in [6, 6.07) is 5.47. The maximum absolute atomic E-state index is 6.26. The molecule has 0 radical (unpaired) electrons. The number of benzene rings is 1. The van der Waals surface area contributed by atoms with Crippen LogP contribution in [0.1, 0.15) is 19.2 Å². The number of anilines is 1. The Bertz CT molecular complexity index is 632. The molecular weight excluding hydrogens is 293 g/mol. The predicted octanol–water partition coefficient (Wildman–Crippen LogP) is 4.58. The number of allylic oxidation sites excluding steroid dienone is 1. The molecule has 0 bridgehead atoms. The van der Waals surface area contributed by atoms with Crippen LogP contribution in [0.4, 0.5) is 5.82 Å². The Labute approximate surface area is 129 Å². The Morgan fingerprint density at radius 2 is 2.15 bits per heavy atom. The number of rotatable bonds is 5. The van der Waals surface area contributed by atoms with E-state index in [-0.39, 0.29) is 0 Å². The van der Waals surface area contributed by atoms with Crippen molar-refractivity contribution in [3.63, 3.8) is 0 Å². The van der Waals surface area contributed by atoms with Crippen molar-refractivity contribution in [3.05, 3.63) is 46.7 Å². The zero-order valence-electron chi connectivity index (χ0n) is 11.4. The van der Waals surface area contributed by atoms with Crippen molar-refractivity contribution in [1.29, 1.82) is 0 Å². The standard InChI is InChI=1S/C15H17Cl2N3/c1-3-6-12-19-14(15(18)20(12)9-4-2)10-7-5-8-11(16)13(10)17/h4-5,7-8H,2-3,6,9,18H2,1H3. The summed E-state index contributed by atoms with van der Waals surface area (Å²) in [5.41, 5.74) is 7.67. The fraction of sp³-hybridized carbons (Fsp3) is 0.267. The van der Waals surface area contributed by atoms with Crippen LogP contribution in [0.3, 0.4) is 0 Å². The average molecular weight is 310 g/mol. The molecule has 1 heterocycles. The molecule has 0 fully saturated rings. The van der Waals surface area contributed by atoms with E-state index < -0.39 is 0 Å². The molecule has 0 aliphatic carbocycles. The van der Waals surface area contributed by atoms with Crippen LogP contribution in [0.5, 0.6) is 0 Å². The van der Waals surface area contributed by atoms with Gasteiger partial charge in [0, 0.05) is 18.5 Å². The number of hydrogen-bond donors (Lipinski definition) is 1. The summed E-state index contributed by atoms with van der Waals surface area (Å²) >= 11 is 12.3. The fourth-order valence-corrected chi connectivity index (χ4v) is 2.54. The van der Waals surface area contributed by atoms with Crippen molar-refractivity contribution in [2.75, 3.05) is 5.73 Å². The molecule has 1 aromatic carbocycles. The first-order valence-corrected chi connectivity index (χ1v) is 7.25. The molecular formula is C15H17Cl2N3. The Kier molecular flexibility index (Phi) is 4.73. The van der Waals surface area contributed by atoms with Crippen molar-refractivity contribution in [2.45, 2.75) is 26.3 Å². The Morgan fingerprint density at radius 1 is 1.40 bits per heavy atom. The van der Waals surface area contributed by atoms with Gasteiger partial charge < -0.3 is 10.3 Å². The van der Waals surface area contributed by atoms with Crippen molar-refractivity contribution in [1.82, 2.24) is 9.55 Å². The summed E-state index contributed by atoms with van der Waals surface area (Å²) in [6.45, 7) is 6.50. The van der Waals surface area contributed by atoms with Crippen molar-refractivity contribution in [2.24, 2.45) is 0 Å². The number of nitrogens with zero attached hydrogens (tertiary/aromatic N) is 2. The van der Waals surface area contributed by atoms with Crippen LogP contribution < -0.4 is 5.73 Å². The SMILES string of the molecule is C=CCn1c(CCC)nc(-c2cccc(Cl)c2Cl)c1N. The van der Waals surface area contributed by atoms with Gasteiger partial charge in [-0.1, -0.05) is 48.3 Å². The van der Waals surface area contributed by atoms with E-state index in [9.17, 15) is 0 Å². The molecule has 0 atom stereocenters. The van der Waals surface area contributed by atoms with E-state index in [1.165, 1.54) is 0 Å². The lowest BCUT2D eigenvalue weighted by atomic mass is 10.1. The van der Waals surface area contributed by atoms with E-state index in [4.69, 9.17) is 28.9 Å². The summed E-state index contributed by atoms with van der Waals surface area (Å²) in [4.78, 5) is 4.64. The third-order valence-electron chi connectivity index (χ3n) is 3.08. The van der Waals surface area contributed by atoms with Gasteiger partial charge in [0.15, 0.2) is 0 Å². The van der Waals surface area contributed by atoms with E-state index in [0.29, 0.717) is 28.1 Å². The van der Waals surface area contributed by atoms with Gasteiger partial charge in [-0.15, -0.1) is 6.58 Å². The first-order valence-electron chi connectivity index (χ1n) is 6.50. The molecule has 5 heteroatoms. The lowest BCUT2D eigenvalue weighted by Gasteiger charge is -2.07. The monoisotopic (exact) mass is 309 g/mol. The van der Waals surface area contributed by atoms with Gasteiger partial charge in [-0.3, -0.25) is 0 Å². The van der Waals surface area contributed by atoms with Crippen LogP contribution in [0.25, 0.3) is 11.3 Å². The molecule has 3 nitrogen and oxygen atoms in total. The molecule has 0 amide bonds. The molecule has 2 N–H and O–H groups in total. The highest BCUT2D eigenvalue weighted by molar-refractivity contribution is 6.43. The number of aryl methyl sites for hydroxylation is 1. The first kappa shape index (κ1) is 14.9. The lowest BCUT2D eigenvalue weighted by molar-refractivity contribution is 0.724. The molecule has 0 saturated heterocycles. The van der Waals surface area contributed by atoms with Crippen molar-refractivity contribution >= 4 is 29.0 Å². The summed E-state index contributed by atoms with van der Waals surface area (Å²) in [5.74, 6) is 1.54. The topological polar surface area (TPSA) is 43.8 Å². The van der Waals surface area contributed by atoms with E-state index >= 15 is 0 Å². The summed E-state index contributed by atoms with van der Waals surface area (Å²) in [5, 5.41) is 0.978. The van der Waals surface area contributed by atoms with Crippen LogP contribution in [0, 0.1) is 0 Å². The molecule has 106 valence electrons. The van der Waals surface area contributed by atoms with Gasteiger partial charge in [-0.25, -0.2) is 4.98 Å². The molecule has 0 spiro atoms. The normalized spacial score (nSPS) is 10.8. The third kappa shape index (κ3) is 2.69. The largest absolute Gasteiger partial charge is 0.383 e. The number of nitrogen functional groups attached to an aromatic ring is 1. The number of imidazole rings is 1. The average Bonchev–Trinajstić information content (AvgIpc) is 2.72. The molecule has 0 aliphatic rings. The number of hydrogen-bond acceptors (Lipinski definition) is 2. The smallest absolute Gasteiger partial charge is 0.132 e. The van der Waals surface area contributed by atoms with Crippen molar-refractivity contribution in [3.8, 4) is 11.3 Å². The van der Waals surface area contributed by atoms with Gasteiger partial charge in [0.05, 0.1) is 10.0 Å². The highest BCUT2D eigenvalue weighted by Gasteiger charge is 2.18. The van der Waals surface area contributed by atoms with Crippen LogP contribution >= 0.6 is 23.2 Å². The summed E-state index contributed by atoms with van der Waals surface area (Å²) < 4.78 is 1.96. The second-order valence-corrected chi connectivity index (χ2v) is 5.30.